The van der Waals surface area contributed by atoms with Crippen LogP contribution in [0.2, 0.25) is 0 Å². The molecule has 0 radical (unpaired) electrons. The number of hydrogen-bond acceptors (Lipinski definition) is 6. The van der Waals surface area contributed by atoms with Crippen molar-refractivity contribution in [1.29, 1.82) is 0 Å². The van der Waals surface area contributed by atoms with E-state index in [1.807, 2.05) is 24.3 Å². The smallest absolute Gasteiger partial charge is 0.292 e. The first-order chi connectivity index (χ1) is 14.0. The molecule has 0 aliphatic carbocycles. The second kappa shape index (κ2) is 8.13. The molecule has 0 atom stereocenters. The van der Waals surface area contributed by atoms with Crippen LogP contribution in [0.4, 0.5) is 0 Å². The van der Waals surface area contributed by atoms with Crippen molar-refractivity contribution in [2.45, 2.75) is 12.8 Å². The zero-order valence-corrected chi connectivity index (χ0v) is 17.1. The largest absolute Gasteiger partial charge is 0.497 e. The summed E-state index contributed by atoms with van der Waals surface area (Å²) >= 11 is 0. The zero-order chi connectivity index (χ0) is 20.4. The Hall–Kier alpha value is -2.43. The molecule has 0 bridgehead atoms. The highest BCUT2D eigenvalue weighted by molar-refractivity contribution is 7.86. The molecule has 0 saturated carbocycles. The van der Waals surface area contributed by atoms with Crippen molar-refractivity contribution in [3.05, 3.63) is 36.1 Å². The standard InChI is InChI=1S/C19H24N4O5S/c1-27-16-6-4-15(5-7-16)17-14-18(28-20-17)19(24)21-10-12-23(13-11-21)29(25,26)22-8-2-3-9-22/h4-7,14H,2-3,8-13H2,1H3. The van der Waals surface area contributed by atoms with E-state index in [2.05, 4.69) is 5.16 Å². The van der Waals surface area contributed by atoms with Crippen LogP contribution in [0.15, 0.2) is 34.9 Å². The van der Waals surface area contributed by atoms with Crippen LogP contribution in [0.5, 0.6) is 5.75 Å². The lowest BCUT2D eigenvalue weighted by molar-refractivity contribution is 0.0653. The molecule has 4 rings (SSSR count). The van der Waals surface area contributed by atoms with Crippen LogP contribution in [0.3, 0.4) is 0 Å². The van der Waals surface area contributed by atoms with Gasteiger partial charge in [-0.2, -0.15) is 17.0 Å². The molecule has 1 aromatic carbocycles. The van der Waals surface area contributed by atoms with Gasteiger partial charge in [0.05, 0.1) is 7.11 Å². The molecular formula is C19H24N4O5S. The highest BCUT2D eigenvalue weighted by atomic mass is 32.2. The number of aromatic nitrogens is 1. The number of carbonyl (C=O) groups excluding carboxylic acids is 1. The molecule has 3 heterocycles. The van der Waals surface area contributed by atoms with Crippen molar-refractivity contribution < 1.29 is 22.5 Å². The minimum Gasteiger partial charge on any atom is -0.497 e. The molecule has 29 heavy (non-hydrogen) atoms. The van der Waals surface area contributed by atoms with Crippen molar-refractivity contribution >= 4 is 16.1 Å². The molecule has 156 valence electrons. The average molecular weight is 420 g/mol. The maximum absolute atomic E-state index is 12.8. The van der Waals surface area contributed by atoms with Gasteiger partial charge in [0.25, 0.3) is 16.1 Å². The summed E-state index contributed by atoms with van der Waals surface area (Å²) in [4.78, 5) is 14.4. The van der Waals surface area contributed by atoms with E-state index in [1.54, 1.807) is 18.1 Å². The highest BCUT2D eigenvalue weighted by Gasteiger charge is 2.35. The average Bonchev–Trinajstić information content (AvgIpc) is 3.46. The first-order valence-corrected chi connectivity index (χ1v) is 11.0. The lowest BCUT2D eigenvalue weighted by Crippen LogP contribution is -2.53. The van der Waals surface area contributed by atoms with Gasteiger partial charge in [-0.1, -0.05) is 5.16 Å². The third-order valence-electron chi connectivity index (χ3n) is 5.35. The molecular weight excluding hydrogens is 396 g/mol. The van der Waals surface area contributed by atoms with Crippen molar-refractivity contribution in [3.8, 4) is 17.0 Å². The monoisotopic (exact) mass is 420 g/mol. The minimum absolute atomic E-state index is 0.145. The summed E-state index contributed by atoms with van der Waals surface area (Å²) in [6.07, 6.45) is 1.80. The second-order valence-corrected chi connectivity index (χ2v) is 9.04. The number of piperazine rings is 1. The number of rotatable bonds is 5. The number of amides is 1. The Morgan fingerprint density at radius 1 is 1.00 bits per heavy atom. The van der Waals surface area contributed by atoms with E-state index in [0.29, 0.717) is 31.9 Å². The first kappa shape index (κ1) is 19.9. The predicted octanol–water partition coefficient (Wildman–Crippen LogP) is 1.45. The second-order valence-electron chi connectivity index (χ2n) is 7.11. The van der Waals surface area contributed by atoms with Gasteiger partial charge < -0.3 is 14.2 Å². The highest BCUT2D eigenvalue weighted by Crippen LogP contribution is 2.23. The van der Waals surface area contributed by atoms with Gasteiger partial charge in [-0.05, 0) is 37.1 Å². The van der Waals surface area contributed by atoms with Gasteiger partial charge in [-0.25, -0.2) is 0 Å². The molecule has 2 fully saturated rings. The Kier molecular flexibility index (Phi) is 5.57. The van der Waals surface area contributed by atoms with Crippen LogP contribution in [-0.2, 0) is 10.2 Å². The Morgan fingerprint density at radius 2 is 1.62 bits per heavy atom. The minimum atomic E-state index is -3.43. The Bertz CT molecular complexity index is 959. The first-order valence-electron chi connectivity index (χ1n) is 9.64. The number of hydrogen-bond donors (Lipinski definition) is 0. The molecule has 1 amide bonds. The summed E-state index contributed by atoms with van der Waals surface area (Å²) in [6, 6.07) is 8.91. The fourth-order valence-corrected chi connectivity index (χ4v) is 5.30. The number of methoxy groups -OCH3 is 1. The van der Waals surface area contributed by atoms with E-state index < -0.39 is 10.2 Å². The lowest BCUT2D eigenvalue weighted by atomic mass is 10.1. The van der Waals surface area contributed by atoms with E-state index >= 15 is 0 Å². The molecule has 0 unspecified atom stereocenters. The molecule has 2 aliphatic heterocycles. The maximum atomic E-state index is 12.8. The van der Waals surface area contributed by atoms with Crippen molar-refractivity contribution in [2.24, 2.45) is 0 Å². The van der Waals surface area contributed by atoms with Crippen LogP contribution in [0, 0.1) is 0 Å². The van der Waals surface area contributed by atoms with E-state index in [9.17, 15) is 13.2 Å². The molecule has 0 spiro atoms. The number of ether oxygens (including phenoxy) is 1. The van der Waals surface area contributed by atoms with Crippen LogP contribution in [-0.4, -0.2) is 79.4 Å². The van der Waals surface area contributed by atoms with Crippen LogP contribution < -0.4 is 4.74 Å². The molecule has 2 aromatic rings. The van der Waals surface area contributed by atoms with Gasteiger partial charge in [0.2, 0.25) is 5.76 Å². The molecule has 0 N–H and O–H groups in total. The van der Waals surface area contributed by atoms with Gasteiger partial charge in [-0.3, -0.25) is 4.79 Å². The normalized spacial score (nSPS) is 18.9. The van der Waals surface area contributed by atoms with Crippen molar-refractivity contribution in [1.82, 2.24) is 18.7 Å². The zero-order valence-electron chi connectivity index (χ0n) is 16.3. The third-order valence-corrected chi connectivity index (χ3v) is 7.39. The summed E-state index contributed by atoms with van der Waals surface area (Å²) in [5.74, 6) is 0.595. The number of benzene rings is 1. The maximum Gasteiger partial charge on any atom is 0.292 e. The van der Waals surface area contributed by atoms with Crippen LogP contribution in [0.1, 0.15) is 23.4 Å². The summed E-state index contributed by atoms with van der Waals surface area (Å²) in [5.41, 5.74) is 1.38. The van der Waals surface area contributed by atoms with Crippen molar-refractivity contribution in [2.75, 3.05) is 46.4 Å². The summed E-state index contributed by atoms with van der Waals surface area (Å²) < 4.78 is 38.7. The Morgan fingerprint density at radius 3 is 2.24 bits per heavy atom. The summed E-state index contributed by atoms with van der Waals surface area (Å²) in [7, 11) is -1.84. The lowest BCUT2D eigenvalue weighted by Gasteiger charge is -2.35. The van der Waals surface area contributed by atoms with E-state index in [-0.39, 0.29) is 24.8 Å². The van der Waals surface area contributed by atoms with Gasteiger partial charge in [0.1, 0.15) is 11.4 Å². The van der Waals surface area contributed by atoms with Gasteiger partial charge in [-0.15, -0.1) is 0 Å². The predicted molar refractivity (Wildman–Crippen MR) is 106 cm³/mol. The molecule has 9 nitrogen and oxygen atoms in total. The fourth-order valence-electron chi connectivity index (χ4n) is 3.63. The molecule has 2 aliphatic rings. The topological polar surface area (TPSA) is 96.2 Å². The van der Waals surface area contributed by atoms with E-state index in [0.717, 1.165) is 24.2 Å². The SMILES string of the molecule is COc1ccc(-c2cc(C(=O)N3CCN(S(=O)(=O)N4CCCC4)CC3)on2)cc1. The quantitative estimate of drug-likeness (QED) is 0.726. The third kappa shape index (κ3) is 4.00. The number of carbonyl (C=O) groups is 1. The molecule has 2 saturated heterocycles. The van der Waals surface area contributed by atoms with Crippen molar-refractivity contribution in [3.63, 3.8) is 0 Å². The molecule has 1 aromatic heterocycles. The Balaban J connectivity index is 1.39. The van der Waals surface area contributed by atoms with Gasteiger partial charge in [0.15, 0.2) is 0 Å². The van der Waals surface area contributed by atoms with Crippen LogP contribution in [0.25, 0.3) is 11.3 Å². The Labute approximate surface area is 170 Å². The van der Waals surface area contributed by atoms with Gasteiger partial charge in [0, 0.05) is 50.9 Å². The van der Waals surface area contributed by atoms with Crippen LogP contribution >= 0.6 is 0 Å². The summed E-state index contributed by atoms with van der Waals surface area (Å²) in [6.45, 7) is 2.37. The molecule has 10 heteroatoms. The van der Waals surface area contributed by atoms with Gasteiger partial charge >= 0.3 is 0 Å². The van der Waals surface area contributed by atoms with E-state index in [4.69, 9.17) is 9.26 Å². The van der Waals surface area contributed by atoms with E-state index in [1.165, 1.54) is 8.61 Å². The fraction of sp³-hybridized carbons (Fsp3) is 0.474. The number of nitrogens with zero attached hydrogens (tertiary/aromatic N) is 4. The summed E-state index contributed by atoms with van der Waals surface area (Å²) in [5, 5.41) is 3.99.